The molecule has 4 rings (SSSR count). The topological polar surface area (TPSA) is 166 Å². The second-order valence-corrected chi connectivity index (χ2v) is 15.3. The predicted octanol–water partition coefficient (Wildman–Crippen LogP) is 8.33. The van der Waals surface area contributed by atoms with Gasteiger partial charge in [0.2, 0.25) is 17.7 Å². The van der Waals surface area contributed by atoms with Crippen molar-refractivity contribution in [3.05, 3.63) is 116 Å². The van der Waals surface area contributed by atoms with Crippen LogP contribution in [0.3, 0.4) is 0 Å². The van der Waals surface area contributed by atoms with Crippen molar-refractivity contribution in [2.45, 2.75) is 101 Å². The van der Waals surface area contributed by atoms with Crippen LogP contribution in [0.4, 0.5) is 52.7 Å². The molecule has 23 heteroatoms. The summed E-state index contributed by atoms with van der Waals surface area (Å²) in [6.07, 6.45) is -24.3. The van der Waals surface area contributed by atoms with Gasteiger partial charge in [-0.1, -0.05) is 49.3 Å². The Morgan fingerprint density at radius 2 is 1.02 bits per heavy atom. The first-order chi connectivity index (χ1) is 29.0. The van der Waals surface area contributed by atoms with Gasteiger partial charge in [-0.05, 0) is 84.3 Å². The Balaban J connectivity index is 1.84. The van der Waals surface area contributed by atoms with E-state index in [9.17, 15) is 77.4 Å². The lowest BCUT2D eigenvalue weighted by molar-refractivity contribution is -0.144. The second-order valence-electron chi connectivity index (χ2n) is 15.3. The number of hydrogen-bond acceptors (Lipinski definition) is 6. The fraction of sp³-hybridized carbons (Fsp3) is 0.450. The van der Waals surface area contributed by atoms with Crippen molar-refractivity contribution in [2.24, 2.45) is 11.0 Å². The van der Waals surface area contributed by atoms with Crippen LogP contribution in [-0.4, -0.2) is 59.9 Å². The summed E-state index contributed by atoms with van der Waals surface area (Å²) in [7, 11) is 0. The van der Waals surface area contributed by atoms with Gasteiger partial charge in [-0.25, -0.2) is 0 Å². The van der Waals surface area contributed by atoms with E-state index in [0.29, 0.717) is 5.56 Å². The number of amides is 3. The van der Waals surface area contributed by atoms with Crippen molar-refractivity contribution < 1.29 is 76.6 Å². The molecule has 0 bridgehead atoms. The number of carbonyl (C=O) groups excluding carboxylic acids is 4. The van der Waals surface area contributed by atoms with Gasteiger partial charge in [0.05, 0.1) is 34.9 Å². The first-order valence-electron chi connectivity index (χ1n) is 18.7. The van der Waals surface area contributed by atoms with E-state index in [1.165, 1.54) is 31.2 Å². The first-order valence-corrected chi connectivity index (χ1v) is 18.7. The summed E-state index contributed by atoms with van der Waals surface area (Å²) >= 11 is 0. The van der Waals surface area contributed by atoms with Crippen LogP contribution >= 0.6 is 0 Å². The van der Waals surface area contributed by atoms with E-state index >= 15 is 0 Å². The third-order valence-electron chi connectivity index (χ3n) is 9.64. The largest absolute Gasteiger partial charge is 0.416 e. The second kappa shape index (κ2) is 19.3. The summed E-state index contributed by atoms with van der Waals surface area (Å²) in [4.78, 5) is 57.8. The van der Waals surface area contributed by atoms with E-state index in [-0.39, 0.29) is 61.8 Å². The average Bonchev–Trinajstić information content (AvgIpc) is 3.93. The molecule has 5 atom stereocenters. The van der Waals surface area contributed by atoms with Gasteiger partial charge in [0.15, 0.2) is 5.78 Å². The van der Waals surface area contributed by atoms with E-state index in [0.717, 1.165) is 0 Å². The summed E-state index contributed by atoms with van der Waals surface area (Å²) in [6.45, 7) is 4.57. The van der Waals surface area contributed by atoms with E-state index in [1.54, 1.807) is 19.9 Å². The standard InChI is InChI=1S/C40H38F12N6O5/c1-20(2)9-28(32(59)36(3)19-63-36)54-33(60)29(15-22-10-24(37(41,42)43)17-25(11-22)38(44,45)46)55-34(61)30(56-35(62)31(57-58-53)14-21-7-5-4-6-8-21)16-23-12-26(39(47,48)49)18-27(13-23)40(50,51)52/h4-8,10-13,17-18,20,28-31H,9,14-16,19H2,1-3H3,(H,54,60)(H,55,61)(H,56,62)/t28-,29-,30-,31-,36+/m0/s1. The third-order valence-corrected chi connectivity index (χ3v) is 9.64. The number of benzene rings is 3. The maximum Gasteiger partial charge on any atom is 0.416 e. The SMILES string of the molecule is CC(C)C[C@H](NC(=O)[C@H](Cc1cc(C(F)(F)F)cc(C(F)(F)F)c1)NC(=O)[C@H](Cc1cc(C(F)(F)F)cc(C(F)(F)F)c1)NC(=O)[C@H](Cc1ccccc1)N=[N+]=[N-])C(=O)[C@@]1(C)CO1. The lowest BCUT2D eigenvalue weighted by Crippen LogP contribution is -2.58. The molecular weight excluding hydrogens is 872 g/mol. The number of hydrogen-bond donors (Lipinski definition) is 3. The minimum Gasteiger partial charge on any atom is -0.361 e. The molecule has 0 aliphatic carbocycles. The number of ether oxygens (including phenoxy) is 1. The van der Waals surface area contributed by atoms with E-state index in [1.807, 2.05) is 0 Å². The van der Waals surface area contributed by atoms with Crippen molar-refractivity contribution in [1.82, 2.24) is 16.0 Å². The van der Waals surface area contributed by atoms with Gasteiger partial charge >= 0.3 is 24.7 Å². The monoisotopic (exact) mass is 910 g/mol. The molecule has 0 radical (unpaired) electrons. The molecule has 0 aromatic heterocycles. The molecule has 0 saturated carbocycles. The van der Waals surface area contributed by atoms with Gasteiger partial charge in [-0.3, -0.25) is 19.2 Å². The summed E-state index contributed by atoms with van der Waals surface area (Å²) in [6, 6.07) is 0.503. The molecule has 63 heavy (non-hydrogen) atoms. The smallest absolute Gasteiger partial charge is 0.361 e. The van der Waals surface area contributed by atoms with Crippen molar-refractivity contribution in [2.75, 3.05) is 6.61 Å². The number of ketones is 1. The van der Waals surface area contributed by atoms with Crippen molar-refractivity contribution in [3.8, 4) is 0 Å². The number of nitrogens with zero attached hydrogens (tertiary/aromatic N) is 3. The van der Waals surface area contributed by atoms with E-state index in [2.05, 4.69) is 26.0 Å². The highest BCUT2D eigenvalue weighted by Gasteiger charge is 2.50. The Morgan fingerprint density at radius 3 is 1.37 bits per heavy atom. The van der Waals surface area contributed by atoms with Gasteiger partial charge in [-0.15, -0.1) is 0 Å². The molecule has 1 aliphatic heterocycles. The van der Waals surface area contributed by atoms with Crippen LogP contribution in [0.1, 0.15) is 66.1 Å². The third kappa shape index (κ3) is 14.1. The van der Waals surface area contributed by atoms with Gasteiger partial charge in [-0.2, -0.15) is 52.7 Å². The van der Waals surface area contributed by atoms with E-state index < -0.39 is 124 Å². The van der Waals surface area contributed by atoms with Gasteiger partial charge < -0.3 is 20.7 Å². The molecule has 0 unspecified atom stereocenters. The predicted molar refractivity (Wildman–Crippen MR) is 198 cm³/mol. The number of nitrogens with one attached hydrogen (secondary N) is 3. The van der Waals surface area contributed by atoms with E-state index in [4.69, 9.17) is 4.74 Å². The van der Waals surface area contributed by atoms with Gasteiger partial charge in [0.1, 0.15) is 23.7 Å². The molecule has 1 fully saturated rings. The molecule has 1 heterocycles. The molecule has 3 N–H and O–H groups in total. The lowest BCUT2D eigenvalue weighted by atomic mass is 9.92. The number of azide groups is 1. The van der Waals surface area contributed by atoms with Gasteiger partial charge in [0.25, 0.3) is 0 Å². The zero-order valence-electron chi connectivity index (χ0n) is 33.2. The van der Waals surface area contributed by atoms with Crippen molar-refractivity contribution in [1.29, 1.82) is 0 Å². The van der Waals surface area contributed by atoms with Crippen LogP contribution in [-0.2, 0) is 67.9 Å². The Labute approximate surface area is 350 Å². The zero-order chi connectivity index (χ0) is 47.3. The Bertz CT molecular complexity index is 2140. The Kier molecular flexibility index (Phi) is 15.2. The minimum atomic E-state index is -5.38. The quantitative estimate of drug-likeness (QED) is 0.0407. The fourth-order valence-electron chi connectivity index (χ4n) is 6.38. The first kappa shape index (κ1) is 49.8. The molecule has 342 valence electrons. The minimum absolute atomic E-state index is 0.0744. The molecule has 3 aromatic rings. The molecule has 1 saturated heterocycles. The summed E-state index contributed by atoms with van der Waals surface area (Å²) in [5, 5.41) is 9.85. The Morgan fingerprint density at radius 1 is 0.635 bits per heavy atom. The highest BCUT2D eigenvalue weighted by molar-refractivity contribution is 5.98. The average molecular weight is 911 g/mol. The molecule has 11 nitrogen and oxygen atoms in total. The maximum atomic E-state index is 14.2. The molecular formula is C40H38F12N6O5. The number of epoxide rings is 1. The van der Waals surface area contributed by atoms with Crippen LogP contribution in [0.15, 0.2) is 71.8 Å². The number of halogens is 12. The lowest BCUT2D eigenvalue weighted by Gasteiger charge is -2.27. The molecule has 0 spiro atoms. The van der Waals surface area contributed by atoms with Crippen molar-refractivity contribution >= 4 is 23.5 Å². The van der Waals surface area contributed by atoms with Crippen LogP contribution < -0.4 is 16.0 Å². The number of alkyl halides is 12. The van der Waals surface area contributed by atoms with Gasteiger partial charge in [0, 0.05) is 17.8 Å². The summed E-state index contributed by atoms with van der Waals surface area (Å²) in [5.41, 5.74) is -0.802. The van der Waals surface area contributed by atoms with Crippen LogP contribution in [0.25, 0.3) is 10.4 Å². The highest BCUT2D eigenvalue weighted by atomic mass is 19.4. The number of Topliss-reactive ketones (excluding diaryl/α,β-unsaturated/α-hetero) is 1. The van der Waals surface area contributed by atoms with Crippen LogP contribution in [0.2, 0.25) is 0 Å². The maximum absolute atomic E-state index is 14.2. The highest BCUT2D eigenvalue weighted by Crippen LogP contribution is 2.38. The van der Waals surface area contributed by atoms with Crippen molar-refractivity contribution in [3.63, 3.8) is 0 Å². The molecule has 3 aromatic carbocycles. The van der Waals surface area contributed by atoms with Crippen LogP contribution in [0, 0.1) is 5.92 Å². The molecule has 1 aliphatic rings. The fourth-order valence-corrected chi connectivity index (χ4v) is 6.38. The summed E-state index contributed by atoms with van der Waals surface area (Å²) < 4.78 is 171. The normalized spacial score (nSPS) is 17.5. The molecule has 3 amide bonds. The number of rotatable bonds is 17. The summed E-state index contributed by atoms with van der Waals surface area (Å²) in [5.74, 6) is -5.31. The number of carbonyl (C=O) groups is 4. The zero-order valence-corrected chi connectivity index (χ0v) is 33.2. The Hall–Kier alpha value is -5.83. The van der Waals surface area contributed by atoms with Crippen LogP contribution in [0.5, 0.6) is 0 Å².